The van der Waals surface area contributed by atoms with E-state index in [1.807, 2.05) is 62.4 Å². The molecule has 0 spiro atoms. The molecule has 0 unspecified atom stereocenters. The van der Waals surface area contributed by atoms with Crippen LogP contribution in [0.15, 0.2) is 48.5 Å². The summed E-state index contributed by atoms with van der Waals surface area (Å²) in [5.41, 5.74) is 1.84. The van der Waals surface area contributed by atoms with Crippen LogP contribution in [0.3, 0.4) is 0 Å². The Labute approximate surface area is 162 Å². The van der Waals surface area contributed by atoms with E-state index in [2.05, 4.69) is 17.6 Å². The summed E-state index contributed by atoms with van der Waals surface area (Å²) in [5, 5.41) is 6.04. The summed E-state index contributed by atoms with van der Waals surface area (Å²) < 4.78 is 11.3. The zero-order chi connectivity index (χ0) is 19.5. The van der Waals surface area contributed by atoms with Crippen molar-refractivity contribution in [1.29, 1.82) is 0 Å². The molecule has 0 saturated heterocycles. The van der Waals surface area contributed by atoms with Crippen molar-refractivity contribution in [2.75, 3.05) is 18.5 Å². The second kappa shape index (κ2) is 11.2. The summed E-state index contributed by atoms with van der Waals surface area (Å²) in [7, 11) is 0. The molecule has 0 atom stereocenters. The zero-order valence-electron chi connectivity index (χ0n) is 16.5. The van der Waals surface area contributed by atoms with Gasteiger partial charge in [0.2, 0.25) is 5.91 Å². The summed E-state index contributed by atoms with van der Waals surface area (Å²) in [6.07, 6.45) is 2.27. The van der Waals surface area contributed by atoms with Crippen LogP contribution in [0.25, 0.3) is 0 Å². The Hall–Kier alpha value is -2.53. The summed E-state index contributed by atoms with van der Waals surface area (Å²) in [6.45, 7) is 7.68. The number of carbonyl (C=O) groups is 1. The maximum absolute atomic E-state index is 12.1. The molecule has 0 heterocycles. The molecule has 0 bridgehead atoms. The maximum atomic E-state index is 12.1. The van der Waals surface area contributed by atoms with E-state index in [4.69, 9.17) is 9.47 Å². The van der Waals surface area contributed by atoms with E-state index < -0.39 is 0 Å². The first-order valence-corrected chi connectivity index (χ1v) is 9.56. The first-order chi connectivity index (χ1) is 13.1. The maximum Gasteiger partial charge on any atom is 0.238 e. The second-order valence-electron chi connectivity index (χ2n) is 6.69. The normalized spacial score (nSPS) is 10.7. The SMILES string of the molecule is CCCCOc1cccc(NC(=O)CNCc2ccc(OC(C)C)cc2)c1. The van der Waals surface area contributed by atoms with Crippen molar-refractivity contribution in [3.8, 4) is 11.5 Å². The van der Waals surface area contributed by atoms with Gasteiger partial charge < -0.3 is 20.1 Å². The van der Waals surface area contributed by atoms with E-state index in [-0.39, 0.29) is 18.6 Å². The molecule has 146 valence electrons. The second-order valence-corrected chi connectivity index (χ2v) is 6.69. The van der Waals surface area contributed by atoms with Gasteiger partial charge in [0.15, 0.2) is 0 Å². The highest BCUT2D eigenvalue weighted by Gasteiger charge is 2.04. The van der Waals surface area contributed by atoms with E-state index in [0.29, 0.717) is 13.2 Å². The van der Waals surface area contributed by atoms with E-state index >= 15 is 0 Å². The van der Waals surface area contributed by atoms with Crippen molar-refractivity contribution >= 4 is 11.6 Å². The summed E-state index contributed by atoms with van der Waals surface area (Å²) in [6, 6.07) is 15.4. The fourth-order valence-corrected chi connectivity index (χ4v) is 2.48. The van der Waals surface area contributed by atoms with E-state index in [1.165, 1.54) is 0 Å². The average Bonchev–Trinajstić information content (AvgIpc) is 2.63. The zero-order valence-corrected chi connectivity index (χ0v) is 16.5. The quantitative estimate of drug-likeness (QED) is 0.576. The number of rotatable bonds is 11. The fourth-order valence-electron chi connectivity index (χ4n) is 2.48. The van der Waals surface area contributed by atoms with Crippen LogP contribution in [-0.4, -0.2) is 25.2 Å². The van der Waals surface area contributed by atoms with Crippen LogP contribution in [0.2, 0.25) is 0 Å². The number of benzene rings is 2. The van der Waals surface area contributed by atoms with Gasteiger partial charge >= 0.3 is 0 Å². The molecule has 2 aromatic rings. The number of unbranched alkanes of at least 4 members (excludes halogenated alkanes) is 1. The standard InChI is InChI=1S/C22H30N2O3/c1-4-5-13-26-21-8-6-7-19(14-21)24-22(25)16-23-15-18-9-11-20(12-10-18)27-17(2)3/h6-12,14,17,23H,4-5,13,15-16H2,1-3H3,(H,24,25). The van der Waals surface area contributed by atoms with Gasteiger partial charge in [-0.1, -0.05) is 31.5 Å². The molecule has 0 aromatic heterocycles. The summed E-state index contributed by atoms with van der Waals surface area (Å²) >= 11 is 0. The molecule has 2 rings (SSSR count). The molecule has 0 aliphatic carbocycles. The molecule has 0 aliphatic heterocycles. The predicted octanol–water partition coefficient (Wildman–Crippen LogP) is 4.38. The molecule has 0 radical (unpaired) electrons. The smallest absolute Gasteiger partial charge is 0.238 e. The van der Waals surface area contributed by atoms with Crippen molar-refractivity contribution in [3.05, 3.63) is 54.1 Å². The molecule has 1 amide bonds. The molecule has 2 N–H and O–H groups in total. The van der Waals surface area contributed by atoms with Crippen LogP contribution in [0.4, 0.5) is 5.69 Å². The molecule has 5 heteroatoms. The average molecular weight is 370 g/mol. The van der Waals surface area contributed by atoms with Crippen molar-refractivity contribution in [3.63, 3.8) is 0 Å². The number of hydrogen-bond donors (Lipinski definition) is 2. The Morgan fingerprint density at radius 1 is 1.07 bits per heavy atom. The van der Waals surface area contributed by atoms with Gasteiger partial charge in [0.25, 0.3) is 0 Å². The van der Waals surface area contributed by atoms with Crippen molar-refractivity contribution in [2.24, 2.45) is 0 Å². The Morgan fingerprint density at radius 2 is 1.85 bits per heavy atom. The van der Waals surface area contributed by atoms with Gasteiger partial charge in [-0.05, 0) is 50.1 Å². The van der Waals surface area contributed by atoms with Crippen molar-refractivity contribution in [1.82, 2.24) is 5.32 Å². The first kappa shape index (κ1) is 20.8. The van der Waals surface area contributed by atoms with Crippen LogP contribution >= 0.6 is 0 Å². The van der Waals surface area contributed by atoms with E-state index in [1.54, 1.807) is 0 Å². The Bertz CT molecular complexity index is 699. The van der Waals surface area contributed by atoms with Crippen LogP contribution in [-0.2, 0) is 11.3 Å². The largest absolute Gasteiger partial charge is 0.494 e. The van der Waals surface area contributed by atoms with Gasteiger partial charge in [0, 0.05) is 18.3 Å². The molecular weight excluding hydrogens is 340 g/mol. The molecular formula is C22H30N2O3. The molecule has 0 fully saturated rings. The lowest BCUT2D eigenvalue weighted by molar-refractivity contribution is -0.115. The highest BCUT2D eigenvalue weighted by Crippen LogP contribution is 2.17. The Balaban J connectivity index is 1.73. The summed E-state index contributed by atoms with van der Waals surface area (Å²) in [4.78, 5) is 12.1. The van der Waals surface area contributed by atoms with Gasteiger partial charge in [-0.2, -0.15) is 0 Å². The molecule has 0 saturated carbocycles. The Morgan fingerprint density at radius 3 is 2.56 bits per heavy atom. The number of anilines is 1. The Kier molecular flexibility index (Phi) is 8.65. The van der Waals surface area contributed by atoms with Gasteiger partial charge in [-0.15, -0.1) is 0 Å². The minimum absolute atomic E-state index is 0.0829. The lowest BCUT2D eigenvalue weighted by Gasteiger charge is -2.11. The van der Waals surface area contributed by atoms with E-state index in [0.717, 1.165) is 35.6 Å². The van der Waals surface area contributed by atoms with Crippen LogP contribution in [0.1, 0.15) is 39.2 Å². The lowest BCUT2D eigenvalue weighted by atomic mass is 10.2. The van der Waals surface area contributed by atoms with Gasteiger partial charge in [0.1, 0.15) is 11.5 Å². The lowest BCUT2D eigenvalue weighted by Crippen LogP contribution is -2.27. The summed E-state index contributed by atoms with van der Waals surface area (Å²) in [5.74, 6) is 1.55. The molecule has 2 aromatic carbocycles. The van der Waals surface area contributed by atoms with Gasteiger partial charge in [0.05, 0.1) is 19.3 Å². The topological polar surface area (TPSA) is 59.6 Å². The van der Waals surface area contributed by atoms with Crippen molar-refractivity contribution < 1.29 is 14.3 Å². The third-order valence-corrected chi connectivity index (χ3v) is 3.79. The first-order valence-electron chi connectivity index (χ1n) is 9.56. The third kappa shape index (κ3) is 8.13. The van der Waals surface area contributed by atoms with Gasteiger partial charge in [-0.3, -0.25) is 4.79 Å². The number of nitrogens with one attached hydrogen (secondary N) is 2. The van der Waals surface area contributed by atoms with Crippen LogP contribution < -0.4 is 20.1 Å². The number of hydrogen-bond acceptors (Lipinski definition) is 4. The minimum atomic E-state index is -0.0829. The highest BCUT2D eigenvalue weighted by atomic mass is 16.5. The fraction of sp³-hybridized carbons (Fsp3) is 0.409. The molecule has 0 aliphatic rings. The monoisotopic (exact) mass is 370 g/mol. The molecule has 27 heavy (non-hydrogen) atoms. The highest BCUT2D eigenvalue weighted by molar-refractivity contribution is 5.92. The van der Waals surface area contributed by atoms with Gasteiger partial charge in [-0.25, -0.2) is 0 Å². The van der Waals surface area contributed by atoms with E-state index in [9.17, 15) is 4.79 Å². The molecule has 5 nitrogen and oxygen atoms in total. The predicted molar refractivity (Wildman–Crippen MR) is 109 cm³/mol. The van der Waals surface area contributed by atoms with Crippen LogP contribution in [0, 0.1) is 0 Å². The number of carbonyl (C=O) groups excluding carboxylic acids is 1. The number of amides is 1. The van der Waals surface area contributed by atoms with Crippen molar-refractivity contribution in [2.45, 2.75) is 46.3 Å². The number of ether oxygens (including phenoxy) is 2. The minimum Gasteiger partial charge on any atom is -0.494 e. The van der Waals surface area contributed by atoms with Crippen LogP contribution in [0.5, 0.6) is 11.5 Å². The third-order valence-electron chi connectivity index (χ3n) is 3.79.